The topological polar surface area (TPSA) is 49.2 Å². The van der Waals surface area contributed by atoms with Gasteiger partial charge in [-0.3, -0.25) is 0 Å². The zero-order valence-corrected chi connectivity index (χ0v) is 21.5. The molecule has 0 aliphatic heterocycles. The second-order valence-electron chi connectivity index (χ2n) is 9.21. The van der Waals surface area contributed by atoms with Gasteiger partial charge in [-0.05, 0) is 41.4 Å². The standard InChI is InChI=1S/C25H27Cl2N3O2Si/c1-33(2,3)12-11-31-17-30-16-19(24-23(27)15-28-29-25(24)30)13-18-9-10-21(14-22(18)26)32-20-7-5-4-6-8-20/h4-10,14-16H,11-13,17H2,1-3H3. The van der Waals surface area contributed by atoms with Crippen LogP contribution in [-0.4, -0.2) is 29.4 Å². The average molecular weight is 501 g/mol. The summed E-state index contributed by atoms with van der Waals surface area (Å²) in [5, 5.41) is 10.4. The Balaban J connectivity index is 1.54. The van der Waals surface area contributed by atoms with Gasteiger partial charge in [-0.25, -0.2) is 0 Å². The minimum atomic E-state index is -1.15. The number of hydrogen-bond donors (Lipinski definition) is 0. The minimum absolute atomic E-state index is 0.410. The van der Waals surface area contributed by atoms with Gasteiger partial charge in [-0.1, -0.05) is 67.1 Å². The Bertz CT molecular complexity index is 1240. The maximum absolute atomic E-state index is 6.62. The Labute approximate surface area is 205 Å². The molecule has 0 N–H and O–H groups in total. The van der Waals surface area contributed by atoms with Crippen molar-refractivity contribution in [1.82, 2.24) is 14.8 Å². The van der Waals surface area contributed by atoms with Crippen molar-refractivity contribution in [2.24, 2.45) is 0 Å². The molecule has 0 spiro atoms. The van der Waals surface area contributed by atoms with E-state index < -0.39 is 8.07 Å². The molecule has 2 heterocycles. The molecule has 0 atom stereocenters. The van der Waals surface area contributed by atoms with Crippen LogP contribution in [0.15, 0.2) is 60.9 Å². The molecular weight excluding hydrogens is 473 g/mol. The zero-order chi connectivity index (χ0) is 23.4. The van der Waals surface area contributed by atoms with Crippen LogP contribution in [0.25, 0.3) is 11.0 Å². The minimum Gasteiger partial charge on any atom is -0.457 e. The van der Waals surface area contributed by atoms with Gasteiger partial charge in [0, 0.05) is 37.7 Å². The van der Waals surface area contributed by atoms with Crippen LogP contribution in [0, 0.1) is 0 Å². The molecule has 0 saturated carbocycles. The predicted molar refractivity (Wildman–Crippen MR) is 137 cm³/mol. The highest BCUT2D eigenvalue weighted by Crippen LogP contribution is 2.32. The smallest absolute Gasteiger partial charge is 0.166 e. The molecule has 172 valence electrons. The molecule has 0 saturated heterocycles. The third-order valence-electron chi connectivity index (χ3n) is 5.30. The summed E-state index contributed by atoms with van der Waals surface area (Å²) in [6, 6.07) is 16.5. The Morgan fingerprint density at radius 1 is 0.939 bits per heavy atom. The predicted octanol–water partition coefficient (Wildman–Crippen LogP) is 7.43. The molecule has 0 bridgehead atoms. The lowest BCUT2D eigenvalue weighted by Gasteiger charge is -2.15. The number of benzene rings is 2. The first-order valence-corrected chi connectivity index (χ1v) is 15.3. The van der Waals surface area contributed by atoms with Gasteiger partial charge >= 0.3 is 0 Å². The van der Waals surface area contributed by atoms with Gasteiger partial charge in [0.05, 0.1) is 11.2 Å². The van der Waals surface area contributed by atoms with Crippen molar-refractivity contribution < 1.29 is 9.47 Å². The van der Waals surface area contributed by atoms with Crippen molar-refractivity contribution in [2.45, 2.75) is 38.8 Å². The Kier molecular flexibility index (Phi) is 7.39. The quantitative estimate of drug-likeness (QED) is 0.177. The highest BCUT2D eigenvalue weighted by atomic mass is 35.5. The Hall–Kier alpha value is -2.38. The summed E-state index contributed by atoms with van der Waals surface area (Å²) >= 11 is 13.1. The fourth-order valence-corrected chi connectivity index (χ4v) is 4.75. The molecule has 2 aromatic carbocycles. The van der Waals surface area contributed by atoms with E-state index >= 15 is 0 Å². The highest BCUT2D eigenvalue weighted by Gasteiger charge is 2.17. The first-order chi connectivity index (χ1) is 15.8. The molecule has 0 radical (unpaired) electrons. The molecule has 4 rings (SSSR count). The van der Waals surface area contributed by atoms with Gasteiger partial charge in [-0.15, -0.1) is 5.10 Å². The first-order valence-electron chi connectivity index (χ1n) is 10.9. The normalized spacial score (nSPS) is 11.8. The number of aromatic nitrogens is 3. The van der Waals surface area contributed by atoms with E-state index in [1.54, 1.807) is 6.20 Å². The van der Waals surface area contributed by atoms with E-state index in [-0.39, 0.29) is 0 Å². The van der Waals surface area contributed by atoms with E-state index in [0.717, 1.165) is 34.9 Å². The van der Waals surface area contributed by atoms with E-state index in [1.165, 1.54) is 0 Å². The molecular formula is C25H27Cl2N3O2Si. The zero-order valence-electron chi connectivity index (χ0n) is 19.0. The van der Waals surface area contributed by atoms with Crippen LogP contribution in [0.4, 0.5) is 0 Å². The van der Waals surface area contributed by atoms with Crippen molar-refractivity contribution >= 4 is 42.3 Å². The van der Waals surface area contributed by atoms with Gasteiger partial charge in [0.15, 0.2) is 5.65 Å². The lowest BCUT2D eigenvalue weighted by Crippen LogP contribution is -2.22. The lowest BCUT2D eigenvalue weighted by atomic mass is 10.1. The average Bonchev–Trinajstić information content (AvgIpc) is 3.12. The molecule has 4 aromatic rings. The van der Waals surface area contributed by atoms with Crippen LogP contribution in [0.5, 0.6) is 11.5 Å². The van der Waals surface area contributed by atoms with E-state index in [0.29, 0.717) is 34.6 Å². The molecule has 0 amide bonds. The number of para-hydroxylation sites is 1. The van der Waals surface area contributed by atoms with E-state index in [4.69, 9.17) is 32.7 Å². The number of rotatable bonds is 9. The molecule has 5 nitrogen and oxygen atoms in total. The Morgan fingerprint density at radius 3 is 2.45 bits per heavy atom. The third kappa shape index (κ3) is 6.15. The second kappa shape index (κ2) is 10.3. The van der Waals surface area contributed by atoms with E-state index in [1.807, 2.05) is 59.3 Å². The number of halogens is 2. The van der Waals surface area contributed by atoms with Gasteiger partial charge in [0.1, 0.15) is 18.2 Å². The van der Waals surface area contributed by atoms with Crippen molar-refractivity contribution in [2.75, 3.05) is 6.61 Å². The van der Waals surface area contributed by atoms with Crippen LogP contribution in [0.3, 0.4) is 0 Å². The summed E-state index contributed by atoms with van der Waals surface area (Å²) in [5.41, 5.74) is 2.71. The fraction of sp³-hybridized carbons (Fsp3) is 0.280. The van der Waals surface area contributed by atoms with Crippen LogP contribution in [0.1, 0.15) is 11.1 Å². The molecule has 8 heteroatoms. The summed E-state index contributed by atoms with van der Waals surface area (Å²) in [5.74, 6) is 1.46. The highest BCUT2D eigenvalue weighted by molar-refractivity contribution is 6.76. The summed E-state index contributed by atoms with van der Waals surface area (Å²) in [4.78, 5) is 0. The van der Waals surface area contributed by atoms with Gasteiger partial charge < -0.3 is 14.0 Å². The third-order valence-corrected chi connectivity index (χ3v) is 7.64. The van der Waals surface area contributed by atoms with Crippen LogP contribution < -0.4 is 4.74 Å². The molecule has 0 fully saturated rings. The first kappa shape index (κ1) is 23.8. The second-order valence-corrected chi connectivity index (χ2v) is 15.6. The van der Waals surface area contributed by atoms with Gasteiger partial charge in [-0.2, -0.15) is 5.10 Å². The van der Waals surface area contributed by atoms with Crippen LogP contribution in [0.2, 0.25) is 35.7 Å². The van der Waals surface area contributed by atoms with Gasteiger partial charge in [0.2, 0.25) is 0 Å². The van der Waals surface area contributed by atoms with E-state index in [9.17, 15) is 0 Å². The van der Waals surface area contributed by atoms with Crippen molar-refractivity contribution in [3.05, 3.63) is 82.1 Å². The monoisotopic (exact) mass is 499 g/mol. The maximum Gasteiger partial charge on any atom is 0.166 e. The number of hydrogen-bond acceptors (Lipinski definition) is 4. The largest absolute Gasteiger partial charge is 0.457 e. The maximum atomic E-state index is 6.62. The SMILES string of the molecule is C[Si](C)(C)CCOCn1cc(Cc2ccc(Oc3ccccc3)cc2Cl)c2c(Cl)cnnc21. The van der Waals surface area contributed by atoms with E-state index in [2.05, 4.69) is 29.8 Å². The van der Waals surface area contributed by atoms with Crippen molar-refractivity contribution in [3.63, 3.8) is 0 Å². The van der Waals surface area contributed by atoms with Crippen LogP contribution >= 0.6 is 23.2 Å². The lowest BCUT2D eigenvalue weighted by molar-refractivity contribution is 0.0897. The molecule has 0 unspecified atom stereocenters. The summed E-state index contributed by atoms with van der Waals surface area (Å²) in [7, 11) is -1.15. The fourth-order valence-electron chi connectivity index (χ4n) is 3.51. The molecule has 0 aliphatic rings. The number of fused-ring (bicyclic) bond motifs is 1. The number of ether oxygens (including phenoxy) is 2. The van der Waals surface area contributed by atoms with Gasteiger partial charge in [0.25, 0.3) is 0 Å². The molecule has 2 aromatic heterocycles. The Morgan fingerprint density at radius 2 is 1.73 bits per heavy atom. The van der Waals surface area contributed by atoms with Crippen molar-refractivity contribution in [1.29, 1.82) is 0 Å². The van der Waals surface area contributed by atoms with Crippen LogP contribution in [-0.2, 0) is 17.9 Å². The summed E-state index contributed by atoms with van der Waals surface area (Å²) < 4.78 is 13.8. The summed E-state index contributed by atoms with van der Waals surface area (Å²) in [6.07, 6.45) is 4.21. The molecule has 0 aliphatic carbocycles. The van der Waals surface area contributed by atoms with Crippen molar-refractivity contribution in [3.8, 4) is 11.5 Å². The number of nitrogens with zero attached hydrogens (tertiary/aromatic N) is 3. The summed E-state index contributed by atoms with van der Waals surface area (Å²) in [6.45, 7) is 8.15. The molecule has 33 heavy (non-hydrogen) atoms.